The molecule has 2 aliphatic rings. The molecule has 1 aliphatic heterocycles. The Balaban J connectivity index is 1.62. The molecule has 0 spiro atoms. The second kappa shape index (κ2) is 4.98. The summed E-state index contributed by atoms with van der Waals surface area (Å²) >= 11 is 0. The fourth-order valence-corrected chi connectivity index (χ4v) is 3.72. The van der Waals surface area contributed by atoms with Crippen molar-refractivity contribution in [1.29, 1.82) is 0 Å². The Kier molecular flexibility index (Phi) is 3.10. The number of fused-ring (bicyclic) bond motifs is 1. The number of aliphatic hydroxyl groups excluding tert-OH is 1. The standard InChI is InChI=1S/C16H22N4O/c21-12-16(10-13-5-6-13)7-3-8-19(11-16)15-18-17-14-4-1-2-9-20(14)15/h1-2,4,9,13,21H,3,5-8,10-12H2/t16-/m0/s1. The molecule has 1 N–H and O–H groups in total. The number of piperidine rings is 1. The second-order valence-electron chi connectivity index (χ2n) is 6.76. The molecule has 0 radical (unpaired) electrons. The first-order valence-electron chi connectivity index (χ1n) is 7.95. The molecule has 2 fully saturated rings. The minimum atomic E-state index is 0.0556. The van der Waals surface area contributed by atoms with Gasteiger partial charge in [-0.05, 0) is 37.3 Å². The Morgan fingerprint density at radius 3 is 3.00 bits per heavy atom. The van der Waals surface area contributed by atoms with Crippen LogP contribution in [-0.4, -0.2) is 39.4 Å². The average Bonchev–Trinajstić information content (AvgIpc) is 3.23. The van der Waals surface area contributed by atoms with Crippen molar-refractivity contribution < 1.29 is 5.11 Å². The summed E-state index contributed by atoms with van der Waals surface area (Å²) in [6.45, 7) is 2.19. The van der Waals surface area contributed by atoms with Gasteiger partial charge in [-0.1, -0.05) is 18.9 Å². The summed E-state index contributed by atoms with van der Waals surface area (Å²) in [6, 6.07) is 5.96. The van der Waals surface area contributed by atoms with Crippen LogP contribution < -0.4 is 4.90 Å². The molecule has 0 unspecified atom stereocenters. The van der Waals surface area contributed by atoms with Gasteiger partial charge >= 0.3 is 0 Å². The number of rotatable bonds is 4. The third-order valence-electron chi connectivity index (χ3n) is 4.99. The topological polar surface area (TPSA) is 53.7 Å². The molecule has 1 saturated carbocycles. The number of anilines is 1. The predicted molar refractivity (Wildman–Crippen MR) is 81.3 cm³/mol. The van der Waals surface area contributed by atoms with E-state index in [0.717, 1.165) is 49.9 Å². The van der Waals surface area contributed by atoms with Crippen LogP contribution in [0.15, 0.2) is 24.4 Å². The highest BCUT2D eigenvalue weighted by Crippen LogP contribution is 2.44. The van der Waals surface area contributed by atoms with Crippen LogP contribution >= 0.6 is 0 Å². The molecule has 1 saturated heterocycles. The molecule has 21 heavy (non-hydrogen) atoms. The first-order valence-corrected chi connectivity index (χ1v) is 7.95. The van der Waals surface area contributed by atoms with Crippen molar-refractivity contribution in [3.8, 4) is 0 Å². The van der Waals surface area contributed by atoms with E-state index in [4.69, 9.17) is 0 Å². The van der Waals surface area contributed by atoms with Gasteiger partial charge in [0.2, 0.25) is 5.95 Å². The number of hydrogen-bond donors (Lipinski definition) is 1. The Labute approximate surface area is 124 Å². The zero-order valence-corrected chi connectivity index (χ0v) is 12.3. The number of hydrogen-bond acceptors (Lipinski definition) is 4. The van der Waals surface area contributed by atoms with Crippen molar-refractivity contribution in [2.24, 2.45) is 11.3 Å². The first-order chi connectivity index (χ1) is 10.3. The highest BCUT2D eigenvalue weighted by molar-refractivity contribution is 5.46. The van der Waals surface area contributed by atoms with Gasteiger partial charge in [-0.25, -0.2) is 0 Å². The van der Waals surface area contributed by atoms with Gasteiger partial charge in [0.05, 0.1) is 6.61 Å². The van der Waals surface area contributed by atoms with Gasteiger partial charge in [0.25, 0.3) is 0 Å². The van der Waals surface area contributed by atoms with Crippen molar-refractivity contribution in [2.75, 3.05) is 24.6 Å². The van der Waals surface area contributed by atoms with E-state index in [1.54, 1.807) is 0 Å². The zero-order valence-electron chi connectivity index (χ0n) is 12.3. The summed E-state index contributed by atoms with van der Waals surface area (Å²) < 4.78 is 2.05. The van der Waals surface area contributed by atoms with Crippen LogP contribution in [0.5, 0.6) is 0 Å². The van der Waals surface area contributed by atoms with Crippen LogP contribution in [0.1, 0.15) is 32.1 Å². The van der Waals surface area contributed by atoms with Crippen LogP contribution in [-0.2, 0) is 0 Å². The summed E-state index contributed by atoms with van der Waals surface area (Å²) in [7, 11) is 0. The summed E-state index contributed by atoms with van der Waals surface area (Å²) in [5, 5.41) is 18.6. The lowest BCUT2D eigenvalue weighted by molar-refractivity contribution is 0.0898. The SMILES string of the molecule is OC[C@]1(CC2CC2)CCCN(c2nnc3ccccn23)C1. The van der Waals surface area contributed by atoms with E-state index in [0.29, 0.717) is 0 Å². The van der Waals surface area contributed by atoms with E-state index in [-0.39, 0.29) is 12.0 Å². The highest BCUT2D eigenvalue weighted by atomic mass is 16.3. The Hall–Kier alpha value is -1.62. The molecular formula is C16H22N4O. The van der Waals surface area contributed by atoms with Gasteiger partial charge in [-0.15, -0.1) is 10.2 Å². The summed E-state index contributed by atoms with van der Waals surface area (Å²) in [5.74, 6) is 1.76. The van der Waals surface area contributed by atoms with E-state index in [1.165, 1.54) is 12.8 Å². The van der Waals surface area contributed by atoms with Crippen LogP contribution in [0.4, 0.5) is 5.95 Å². The fraction of sp³-hybridized carbons (Fsp3) is 0.625. The van der Waals surface area contributed by atoms with E-state index in [2.05, 4.69) is 15.1 Å². The van der Waals surface area contributed by atoms with Gasteiger partial charge in [-0.3, -0.25) is 4.40 Å². The summed E-state index contributed by atoms with van der Waals surface area (Å²) in [5.41, 5.74) is 0.940. The minimum Gasteiger partial charge on any atom is -0.396 e. The van der Waals surface area contributed by atoms with Crippen molar-refractivity contribution in [3.63, 3.8) is 0 Å². The van der Waals surface area contributed by atoms with Crippen LogP contribution in [0.2, 0.25) is 0 Å². The van der Waals surface area contributed by atoms with Gasteiger partial charge in [0.15, 0.2) is 5.65 Å². The quantitative estimate of drug-likeness (QED) is 0.935. The Bertz CT molecular complexity index is 636. The van der Waals surface area contributed by atoms with Gasteiger partial charge in [0.1, 0.15) is 0 Å². The van der Waals surface area contributed by atoms with Gasteiger partial charge < -0.3 is 10.0 Å². The van der Waals surface area contributed by atoms with Crippen molar-refractivity contribution in [3.05, 3.63) is 24.4 Å². The number of aliphatic hydroxyl groups is 1. The first kappa shape index (κ1) is 13.1. The molecule has 5 nitrogen and oxygen atoms in total. The average molecular weight is 286 g/mol. The lowest BCUT2D eigenvalue weighted by Crippen LogP contribution is -2.46. The molecule has 0 bridgehead atoms. The Morgan fingerprint density at radius 1 is 1.29 bits per heavy atom. The summed E-state index contributed by atoms with van der Waals surface area (Å²) in [4.78, 5) is 2.31. The molecule has 0 aromatic carbocycles. The molecule has 4 rings (SSSR count). The maximum atomic E-state index is 9.98. The number of aromatic nitrogens is 3. The molecule has 112 valence electrons. The molecule has 1 aliphatic carbocycles. The van der Waals surface area contributed by atoms with Gasteiger partial charge in [0, 0.05) is 24.7 Å². The molecule has 2 aromatic rings. The molecule has 3 heterocycles. The van der Waals surface area contributed by atoms with E-state index in [1.807, 2.05) is 28.8 Å². The van der Waals surface area contributed by atoms with E-state index in [9.17, 15) is 5.11 Å². The van der Waals surface area contributed by atoms with Gasteiger partial charge in [-0.2, -0.15) is 0 Å². The monoisotopic (exact) mass is 286 g/mol. The maximum absolute atomic E-state index is 9.98. The lowest BCUT2D eigenvalue weighted by Gasteiger charge is -2.42. The van der Waals surface area contributed by atoms with Crippen LogP contribution in [0, 0.1) is 11.3 Å². The second-order valence-corrected chi connectivity index (χ2v) is 6.76. The molecule has 2 aromatic heterocycles. The van der Waals surface area contributed by atoms with Crippen LogP contribution in [0.3, 0.4) is 0 Å². The third kappa shape index (κ3) is 2.39. The molecule has 1 atom stereocenters. The Morgan fingerprint density at radius 2 is 2.19 bits per heavy atom. The third-order valence-corrected chi connectivity index (χ3v) is 4.99. The molecular weight excluding hydrogens is 264 g/mol. The van der Waals surface area contributed by atoms with E-state index >= 15 is 0 Å². The van der Waals surface area contributed by atoms with Crippen molar-refractivity contribution >= 4 is 11.6 Å². The fourth-order valence-electron chi connectivity index (χ4n) is 3.72. The van der Waals surface area contributed by atoms with Crippen molar-refractivity contribution in [2.45, 2.75) is 32.1 Å². The zero-order chi connectivity index (χ0) is 14.3. The number of pyridine rings is 1. The van der Waals surface area contributed by atoms with Crippen molar-refractivity contribution in [1.82, 2.24) is 14.6 Å². The number of nitrogens with zero attached hydrogens (tertiary/aromatic N) is 4. The minimum absolute atomic E-state index is 0.0556. The predicted octanol–water partition coefficient (Wildman–Crippen LogP) is 2.11. The highest BCUT2D eigenvalue weighted by Gasteiger charge is 2.40. The largest absolute Gasteiger partial charge is 0.396 e. The molecule has 0 amide bonds. The van der Waals surface area contributed by atoms with Crippen LogP contribution in [0.25, 0.3) is 5.65 Å². The summed E-state index contributed by atoms with van der Waals surface area (Å²) in [6.07, 6.45) is 8.12. The smallest absolute Gasteiger partial charge is 0.231 e. The lowest BCUT2D eigenvalue weighted by atomic mass is 9.76. The molecule has 5 heteroatoms. The van der Waals surface area contributed by atoms with E-state index < -0.39 is 0 Å². The normalized spacial score (nSPS) is 26.4. The maximum Gasteiger partial charge on any atom is 0.231 e.